The van der Waals surface area contributed by atoms with Crippen LogP contribution in [0.15, 0.2) is 24.3 Å². The number of amides is 1. The van der Waals surface area contributed by atoms with E-state index in [0.717, 1.165) is 31.2 Å². The molecule has 1 aromatic carbocycles. The maximum atomic E-state index is 12.6. The summed E-state index contributed by atoms with van der Waals surface area (Å²) in [6, 6.07) is 6.02. The highest BCUT2D eigenvalue weighted by atomic mass is 16.6. The van der Waals surface area contributed by atoms with Crippen LogP contribution in [0.25, 0.3) is 0 Å². The Morgan fingerprint density at radius 2 is 2.00 bits per heavy atom. The molecule has 1 aliphatic carbocycles. The molecule has 1 heterocycles. The summed E-state index contributed by atoms with van der Waals surface area (Å²) < 4.78 is 11.2. The lowest BCUT2D eigenvalue weighted by molar-refractivity contribution is -0.233. The van der Waals surface area contributed by atoms with E-state index < -0.39 is 36.4 Å². The van der Waals surface area contributed by atoms with Crippen LogP contribution in [-0.2, 0) is 16.1 Å². The smallest absolute Gasteiger partial charge is 0.251 e. The first-order valence-corrected chi connectivity index (χ1v) is 10.6. The van der Waals surface area contributed by atoms with Gasteiger partial charge < -0.3 is 30.1 Å². The molecule has 4 N–H and O–H groups in total. The van der Waals surface area contributed by atoms with Gasteiger partial charge in [-0.2, -0.15) is 0 Å². The highest BCUT2D eigenvalue weighted by Crippen LogP contribution is 2.25. The number of carbonyl (C=O) groups excluding carboxylic acids is 1. The lowest BCUT2D eigenvalue weighted by atomic mass is 9.89. The van der Waals surface area contributed by atoms with Gasteiger partial charge in [-0.05, 0) is 37.0 Å². The highest BCUT2D eigenvalue weighted by Gasteiger charge is 2.42. The molecule has 7 nitrogen and oxygen atoms in total. The maximum absolute atomic E-state index is 12.6. The highest BCUT2D eigenvalue weighted by molar-refractivity contribution is 5.94. The summed E-state index contributed by atoms with van der Waals surface area (Å²) in [5.74, 6) is 5.48. The van der Waals surface area contributed by atoms with Crippen molar-refractivity contribution < 1.29 is 29.6 Å². The lowest BCUT2D eigenvalue weighted by Gasteiger charge is -2.41. The number of benzene rings is 1. The van der Waals surface area contributed by atoms with Crippen molar-refractivity contribution in [3.63, 3.8) is 0 Å². The molecule has 0 radical (unpaired) electrons. The van der Waals surface area contributed by atoms with Crippen molar-refractivity contribution in [2.45, 2.75) is 76.3 Å². The molecule has 164 valence electrons. The zero-order chi connectivity index (χ0) is 21.5. The van der Waals surface area contributed by atoms with Crippen LogP contribution in [0.4, 0.5) is 0 Å². The first kappa shape index (κ1) is 22.7. The van der Waals surface area contributed by atoms with E-state index in [1.165, 1.54) is 6.42 Å². The van der Waals surface area contributed by atoms with E-state index in [9.17, 15) is 20.1 Å². The second-order valence-electron chi connectivity index (χ2n) is 8.01. The van der Waals surface area contributed by atoms with Crippen molar-refractivity contribution in [1.82, 2.24) is 5.32 Å². The molecular formula is C23H31NO6. The van der Waals surface area contributed by atoms with Crippen LogP contribution in [0.5, 0.6) is 0 Å². The summed E-state index contributed by atoms with van der Waals surface area (Å²) in [6.07, 6.45) is 2.19. The number of hydrogen-bond acceptors (Lipinski definition) is 6. The van der Waals surface area contributed by atoms with E-state index in [0.29, 0.717) is 12.2 Å². The monoisotopic (exact) mass is 417 g/mol. The maximum Gasteiger partial charge on any atom is 0.251 e. The van der Waals surface area contributed by atoms with Gasteiger partial charge in [0.05, 0.1) is 25.4 Å². The van der Waals surface area contributed by atoms with E-state index >= 15 is 0 Å². The van der Waals surface area contributed by atoms with Gasteiger partial charge in [-0.1, -0.05) is 31.4 Å². The minimum absolute atomic E-state index is 0.0488. The van der Waals surface area contributed by atoms with Crippen molar-refractivity contribution in [3.05, 3.63) is 35.4 Å². The van der Waals surface area contributed by atoms with Gasteiger partial charge in [0.2, 0.25) is 0 Å². The minimum atomic E-state index is -1.39. The molecule has 0 saturated carbocycles. The molecule has 1 fully saturated rings. The predicted molar refractivity (Wildman–Crippen MR) is 110 cm³/mol. The van der Waals surface area contributed by atoms with Crippen LogP contribution < -0.4 is 5.32 Å². The fourth-order valence-electron chi connectivity index (χ4n) is 3.76. The molecule has 0 bridgehead atoms. The number of nitrogens with one attached hydrogen (secondary N) is 1. The summed E-state index contributed by atoms with van der Waals surface area (Å²) in [4.78, 5) is 12.6. The van der Waals surface area contributed by atoms with Gasteiger partial charge in [-0.3, -0.25) is 4.79 Å². The molecule has 0 spiro atoms. The zero-order valence-electron chi connectivity index (χ0n) is 17.3. The normalized spacial score (nSPS) is 31.7. The Morgan fingerprint density at radius 3 is 2.73 bits per heavy atom. The second-order valence-corrected chi connectivity index (χ2v) is 8.01. The van der Waals surface area contributed by atoms with Gasteiger partial charge >= 0.3 is 0 Å². The number of carbonyl (C=O) groups is 1. The number of rotatable bonds is 6. The second kappa shape index (κ2) is 10.9. The summed E-state index contributed by atoms with van der Waals surface area (Å²) in [7, 11) is 0. The fraction of sp³-hybridized carbons (Fsp3) is 0.609. The van der Waals surface area contributed by atoms with Crippen molar-refractivity contribution in [1.29, 1.82) is 0 Å². The Hall–Kier alpha value is -1.95. The van der Waals surface area contributed by atoms with Gasteiger partial charge in [0.25, 0.3) is 5.91 Å². The van der Waals surface area contributed by atoms with E-state index in [4.69, 9.17) is 9.47 Å². The van der Waals surface area contributed by atoms with Crippen molar-refractivity contribution in [3.8, 4) is 11.8 Å². The van der Waals surface area contributed by atoms with Gasteiger partial charge in [-0.25, -0.2) is 0 Å². The third-order valence-electron chi connectivity index (χ3n) is 5.79. The Bertz CT molecular complexity index is 755. The predicted octanol–water partition coefficient (Wildman–Crippen LogP) is 1.34. The average molecular weight is 418 g/mol. The van der Waals surface area contributed by atoms with Crippen LogP contribution in [0, 0.1) is 17.8 Å². The van der Waals surface area contributed by atoms with E-state index in [-0.39, 0.29) is 12.7 Å². The summed E-state index contributed by atoms with van der Waals surface area (Å²) in [6.45, 7) is 1.81. The molecule has 30 heavy (non-hydrogen) atoms. The first-order valence-electron chi connectivity index (χ1n) is 10.6. The van der Waals surface area contributed by atoms with Crippen LogP contribution in [0.2, 0.25) is 0 Å². The SMILES string of the molecule is C[C@@H]1C(CO)O[C@@H](O)C(NC(=O)c2ccc(COC3C#CCCCCC3)cc2)C1O. The quantitative estimate of drug-likeness (QED) is 0.521. The third kappa shape index (κ3) is 5.81. The van der Waals surface area contributed by atoms with Crippen molar-refractivity contribution >= 4 is 5.91 Å². The van der Waals surface area contributed by atoms with Crippen LogP contribution in [0.1, 0.15) is 54.9 Å². The fourth-order valence-corrected chi connectivity index (χ4v) is 3.76. The molecule has 7 heteroatoms. The molecule has 4 unspecified atom stereocenters. The Balaban J connectivity index is 1.54. The Kier molecular flexibility index (Phi) is 8.25. The molecule has 2 aliphatic rings. The Labute approximate surface area is 177 Å². The number of aliphatic hydroxyl groups is 3. The standard InChI is InChI=1S/C23H31NO6/c1-15-19(13-25)30-23(28)20(21(15)26)24-22(27)17-11-9-16(10-12-17)14-29-18-7-5-3-2-4-6-8-18/h9-12,15,18-21,23,25-26,28H,2-5,7,13-14H2,1H3,(H,24,27)/t15-,18?,19?,20?,21?,23-/m1/s1. The first-order chi connectivity index (χ1) is 14.5. The number of aliphatic hydroxyl groups excluding tert-OH is 3. The number of ether oxygens (including phenoxy) is 2. The number of hydrogen-bond donors (Lipinski definition) is 4. The van der Waals surface area contributed by atoms with Crippen molar-refractivity contribution in [2.75, 3.05) is 6.61 Å². The summed E-state index contributed by atoms with van der Waals surface area (Å²) in [5.41, 5.74) is 1.34. The molecule has 3 rings (SSSR count). The summed E-state index contributed by atoms with van der Waals surface area (Å²) in [5, 5.41) is 32.4. The minimum Gasteiger partial charge on any atom is -0.394 e. The van der Waals surface area contributed by atoms with Crippen molar-refractivity contribution in [2.24, 2.45) is 5.92 Å². The van der Waals surface area contributed by atoms with Gasteiger partial charge in [-0.15, -0.1) is 5.92 Å². The van der Waals surface area contributed by atoms with Crippen LogP contribution in [-0.4, -0.2) is 58.5 Å². The zero-order valence-corrected chi connectivity index (χ0v) is 17.3. The van der Waals surface area contributed by atoms with Gasteiger partial charge in [0, 0.05) is 17.9 Å². The summed E-state index contributed by atoms with van der Waals surface area (Å²) >= 11 is 0. The molecule has 1 aromatic rings. The van der Waals surface area contributed by atoms with Gasteiger partial charge in [0.1, 0.15) is 12.1 Å². The van der Waals surface area contributed by atoms with Crippen LogP contribution >= 0.6 is 0 Å². The molecule has 1 amide bonds. The average Bonchev–Trinajstić information content (AvgIpc) is 2.73. The van der Waals surface area contributed by atoms with E-state index in [2.05, 4.69) is 17.2 Å². The lowest BCUT2D eigenvalue weighted by Crippen LogP contribution is -2.61. The molecule has 6 atom stereocenters. The van der Waals surface area contributed by atoms with Crippen LogP contribution in [0.3, 0.4) is 0 Å². The van der Waals surface area contributed by atoms with E-state index in [1.807, 2.05) is 12.1 Å². The molecule has 1 saturated heterocycles. The Morgan fingerprint density at radius 1 is 1.23 bits per heavy atom. The molecule has 1 aliphatic heterocycles. The largest absolute Gasteiger partial charge is 0.394 e. The molecular weight excluding hydrogens is 386 g/mol. The topological polar surface area (TPSA) is 108 Å². The van der Waals surface area contributed by atoms with E-state index in [1.54, 1.807) is 19.1 Å². The van der Waals surface area contributed by atoms with Gasteiger partial charge in [0.15, 0.2) is 6.29 Å². The molecule has 0 aromatic heterocycles. The third-order valence-corrected chi connectivity index (χ3v) is 5.79.